The first-order chi connectivity index (χ1) is 9.10. The number of aliphatic hydroxyl groups excluding tert-OH is 1. The summed E-state index contributed by atoms with van der Waals surface area (Å²) in [7, 11) is 0. The Kier molecular flexibility index (Phi) is 4.80. The van der Waals surface area contributed by atoms with Crippen LogP contribution in [0.3, 0.4) is 0 Å². The second kappa shape index (κ2) is 6.37. The van der Waals surface area contributed by atoms with Crippen molar-refractivity contribution in [2.24, 2.45) is 5.92 Å². The molecule has 1 amide bonds. The molecule has 19 heavy (non-hydrogen) atoms. The van der Waals surface area contributed by atoms with Gasteiger partial charge in [-0.1, -0.05) is 18.5 Å². The van der Waals surface area contributed by atoms with E-state index >= 15 is 0 Å². The topological polar surface area (TPSA) is 49.3 Å². The van der Waals surface area contributed by atoms with Gasteiger partial charge < -0.3 is 10.4 Å². The maximum atomic E-state index is 11.8. The van der Waals surface area contributed by atoms with Gasteiger partial charge in [0.15, 0.2) is 0 Å². The SMILES string of the molecule is C[C@H](CO)CNC(=O)Cc1csc2ccc(Cl)cc12. The van der Waals surface area contributed by atoms with Crippen LogP contribution in [0.25, 0.3) is 10.1 Å². The number of hydrogen-bond acceptors (Lipinski definition) is 3. The van der Waals surface area contributed by atoms with Crippen LogP contribution in [0.4, 0.5) is 0 Å². The van der Waals surface area contributed by atoms with Crippen LogP contribution < -0.4 is 5.32 Å². The largest absolute Gasteiger partial charge is 0.396 e. The summed E-state index contributed by atoms with van der Waals surface area (Å²) in [5.74, 6) is 0.0533. The molecule has 0 radical (unpaired) electrons. The summed E-state index contributed by atoms with van der Waals surface area (Å²) in [6.45, 7) is 2.47. The van der Waals surface area contributed by atoms with E-state index in [0.29, 0.717) is 18.0 Å². The van der Waals surface area contributed by atoms with Crippen LogP contribution in [0, 0.1) is 5.92 Å². The highest BCUT2D eigenvalue weighted by Crippen LogP contribution is 2.28. The van der Waals surface area contributed by atoms with E-state index in [2.05, 4.69) is 5.32 Å². The molecule has 0 aliphatic carbocycles. The van der Waals surface area contributed by atoms with Crippen molar-refractivity contribution in [3.63, 3.8) is 0 Å². The number of benzene rings is 1. The Balaban J connectivity index is 2.05. The third-order valence-corrected chi connectivity index (χ3v) is 4.17. The zero-order valence-corrected chi connectivity index (χ0v) is 12.2. The van der Waals surface area contributed by atoms with Gasteiger partial charge in [0.2, 0.25) is 5.91 Å². The van der Waals surface area contributed by atoms with Gasteiger partial charge >= 0.3 is 0 Å². The number of thiophene rings is 1. The summed E-state index contributed by atoms with van der Waals surface area (Å²) in [4.78, 5) is 11.8. The fourth-order valence-electron chi connectivity index (χ4n) is 1.78. The van der Waals surface area contributed by atoms with Crippen molar-refractivity contribution in [1.82, 2.24) is 5.32 Å². The number of rotatable bonds is 5. The van der Waals surface area contributed by atoms with Crippen LogP contribution in [0.1, 0.15) is 12.5 Å². The van der Waals surface area contributed by atoms with Crippen LogP contribution in [0.15, 0.2) is 23.6 Å². The molecule has 1 aromatic heterocycles. The molecule has 0 fully saturated rings. The Hall–Kier alpha value is -1.10. The third-order valence-electron chi connectivity index (χ3n) is 2.93. The Labute approximate surface area is 121 Å². The molecule has 2 N–H and O–H groups in total. The van der Waals surface area contributed by atoms with Crippen molar-refractivity contribution < 1.29 is 9.90 Å². The predicted octanol–water partition coefficient (Wildman–Crippen LogP) is 2.84. The zero-order valence-electron chi connectivity index (χ0n) is 10.6. The molecule has 0 unspecified atom stereocenters. The first-order valence-electron chi connectivity index (χ1n) is 6.13. The summed E-state index contributed by atoms with van der Waals surface area (Å²) < 4.78 is 1.14. The Morgan fingerprint density at radius 3 is 3.05 bits per heavy atom. The van der Waals surface area contributed by atoms with E-state index in [0.717, 1.165) is 15.6 Å². The number of nitrogens with one attached hydrogen (secondary N) is 1. The van der Waals surface area contributed by atoms with Crippen molar-refractivity contribution >= 4 is 38.9 Å². The van der Waals surface area contributed by atoms with Gasteiger partial charge in [-0.25, -0.2) is 0 Å². The summed E-state index contributed by atoms with van der Waals surface area (Å²) in [6.07, 6.45) is 0.346. The monoisotopic (exact) mass is 297 g/mol. The van der Waals surface area contributed by atoms with E-state index in [1.807, 2.05) is 30.5 Å². The number of amides is 1. The molecule has 0 spiro atoms. The molecular weight excluding hydrogens is 282 g/mol. The first kappa shape index (κ1) is 14.3. The molecule has 102 valence electrons. The van der Waals surface area contributed by atoms with E-state index in [4.69, 9.17) is 16.7 Å². The lowest BCUT2D eigenvalue weighted by atomic mass is 10.1. The van der Waals surface area contributed by atoms with Crippen molar-refractivity contribution in [1.29, 1.82) is 0 Å². The normalized spacial score (nSPS) is 12.6. The smallest absolute Gasteiger partial charge is 0.224 e. The van der Waals surface area contributed by atoms with Gasteiger partial charge in [-0.2, -0.15) is 0 Å². The molecular formula is C14H16ClNO2S. The van der Waals surface area contributed by atoms with E-state index in [1.54, 1.807) is 11.3 Å². The van der Waals surface area contributed by atoms with Gasteiger partial charge in [-0.3, -0.25) is 4.79 Å². The van der Waals surface area contributed by atoms with Gasteiger partial charge in [0.1, 0.15) is 0 Å². The van der Waals surface area contributed by atoms with Crippen molar-refractivity contribution in [2.45, 2.75) is 13.3 Å². The number of hydrogen-bond donors (Lipinski definition) is 2. The van der Waals surface area contributed by atoms with Crippen molar-refractivity contribution in [3.05, 3.63) is 34.2 Å². The number of carbonyl (C=O) groups excluding carboxylic acids is 1. The molecule has 0 aliphatic heterocycles. The minimum Gasteiger partial charge on any atom is -0.396 e. The average molecular weight is 298 g/mol. The highest BCUT2D eigenvalue weighted by molar-refractivity contribution is 7.17. The van der Waals surface area contributed by atoms with Crippen molar-refractivity contribution in [2.75, 3.05) is 13.2 Å². The zero-order chi connectivity index (χ0) is 13.8. The number of halogens is 1. The molecule has 2 aromatic rings. The third kappa shape index (κ3) is 3.69. The summed E-state index contributed by atoms with van der Waals surface area (Å²) >= 11 is 7.60. The standard InChI is InChI=1S/C14H16ClNO2S/c1-9(7-17)6-16-14(18)4-10-8-19-13-3-2-11(15)5-12(10)13/h2-3,5,8-9,17H,4,6-7H2,1H3,(H,16,18)/t9-/m0/s1. The highest BCUT2D eigenvalue weighted by atomic mass is 35.5. The second-order valence-electron chi connectivity index (χ2n) is 4.67. The van der Waals surface area contributed by atoms with Crippen LogP contribution in [0.5, 0.6) is 0 Å². The fourth-order valence-corrected chi connectivity index (χ4v) is 2.89. The lowest BCUT2D eigenvalue weighted by Gasteiger charge is -2.09. The van der Waals surface area contributed by atoms with Gasteiger partial charge in [0.25, 0.3) is 0 Å². The van der Waals surface area contributed by atoms with Gasteiger partial charge in [0, 0.05) is 22.9 Å². The maximum absolute atomic E-state index is 11.8. The summed E-state index contributed by atoms with van der Waals surface area (Å²) in [5.41, 5.74) is 0.997. The van der Waals surface area contributed by atoms with Crippen LogP contribution in [-0.2, 0) is 11.2 Å². The molecule has 2 rings (SSSR count). The average Bonchev–Trinajstić information content (AvgIpc) is 2.78. The minimum atomic E-state index is -0.0278. The van der Waals surface area contributed by atoms with Crippen molar-refractivity contribution in [3.8, 4) is 0 Å². The predicted molar refractivity (Wildman–Crippen MR) is 79.8 cm³/mol. The van der Waals surface area contributed by atoms with Gasteiger partial charge in [-0.15, -0.1) is 11.3 Å². The molecule has 0 saturated heterocycles. The van der Waals surface area contributed by atoms with Gasteiger partial charge in [-0.05, 0) is 40.4 Å². The second-order valence-corrected chi connectivity index (χ2v) is 6.02. The van der Waals surface area contributed by atoms with Gasteiger partial charge in [0.05, 0.1) is 6.42 Å². The van der Waals surface area contributed by atoms with Crippen LogP contribution in [0.2, 0.25) is 5.02 Å². The fraction of sp³-hybridized carbons (Fsp3) is 0.357. The molecule has 0 bridgehead atoms. The highest BCUT2D eigenvalue weighted by Gasteiger charge is 2.10. The molecule has 1 aromatic carbocycles. The lowest BCUT2D eigenvalue weighted by molar-refractivity contribution is -0.120. The summed E-state index contributed by atoms with van der Waals surface area (Å²) in [5, 5.41) is 15.5. The Morgan fingerprint density at radius 1 is 1.53 bits per heavy atom. The van der Waals surface area contributed by atoms with E-state index in [9.17, 15) is 4.79 Å². The molecule has 5 heteroatoms. The first-order valence-corrected chi connectivity index (χ1v) is 7.39. The molecule has 3 nitrogen and oxygen atoms in total. The Morgan fingerprint density at radius 2 is 2.32 bits per heavy atom. The molecule has 0 saturated carbocycles. The number of aliphatic hydroxyl groups is 1. The lowest BCUT2D eigenvalue weighted by Crippen LogP contribution is -2.30. The van der Waals surface area contributed by atoms with E-state index < -0.39 is 0 Å². The molecule has 1 heterocycles. The number of carbonyl (C=O) groups is 1. The number of fused-ring (bicyclic) bond motifs is 1. The quantitative estimate of drug-likeness (QED) is 0.891. The van der Waals surface area contributed by atoms with Crippen LogP contribution >= 0.6 is 22.9 Å². The maximum Gasteiger partial charge on any atom is 0.224 e. The van der Waals surface area contributed by atoms with E-state index in [-0.39, 0.29) is 18.4 Å². The molecule has 1 atom stereocenters. The summed E-state index contributed by atoms with van der Waals surface area (Å²) in [6, 6.07) is 5.72. The Bertz CT molecular complexity index is 582. The van der Waals surface area contributed by atoms with E-state index in [1.165, 1.54) is 0 Å². The molecule has 0 aliphatic rings. The van der Waals surface area contributed by atoms with Crippen LogP contribution in [-0.4, -0.2) is 24.2 Å². The minimum absolute atomic E-state index is 0.0278.